The zero-order valence-corrected chi connectivity index (χ0v) is 34.5. The van der Waals surface area contributed by atoms with E-state index in [1.54, 1.807) is 0 Å². The van der Waals surface area contributed by atoms with Crippen LogP contribution in [0, 0.1) is 0 Å². The molecule has 0 saturated heterocycles. The van der Waals surface area contributed by atoms with E-state index < -0.39 is 0 Å². The van der Waals surface area contributed by atoms with Crippen molar-refractivity contribution < 1.29 is 0 Å². The molecule has 8 aromatic carbocycles. The highest BCUT2D eigenvalue weighted by Gasteiger charge is 2.29. The predicted molar refractivity (Wildman–Crippen MR) is 240 cm³/mol. The normalized spacial score (nSPS) is 12.8. The maximum absolute atomic E-state index is 3.83. The van der Waals surface area contributed by atoms with Crippen LogP contribution in [0.4, 0.5) is 0 Å². The molecule has 0 spiro atoms. The van der Waals surface area contributed by atoms with Gasteiger partial charge < -0.3 is 9.13 Å². The fraction of sp³-hybridized carbons (Fsp3) is 0.160. The van der Waals surface area contributed by atoms with Gasteiger partial charge in [0.25, 0.3) is 0 Å². The molecule has 264 valence electrons. The van der Waals surface area contributed by atoms with Crippen LogP contribution in [0.25, 0.3) is 87.3 Å². The number of halogens is 2. The van der Waals surface area contributed by atoms with Gasteiger partial charge in [-0.1, -0.05) is 158 Å². The summed E-state index contributed by atoms with van der Waals surface area (Å²) in [6.07, 6.45) is 0. The number of hydrogen-bond acceptors (Lipinski definition) is 0. The summed E-state index contributed by atoms with van der Waals surface area (Å²) in [6, 6.07) is 50.2. The smallest absolute Gasteiger partial charge is 0.0810 e. The van der Waals surface area contributed by atoms with E-state index in [0.29, 0.717) is 0 Å². The largest absolute Gasteiger partial charge is 0.306 e. The summed E-state index contributed by atoms with van der Waals surface area (Å²) < 4.78 is 7.32. The highest BCUT2D eigenvalue weighted by Crippen LogP contribution is 2.50. The fourth-order valence-corrected chi connectivity index (χ4v) is 9.59. The Hall–Kier alpha value is -4.90. The van der Waals surface area contributed by atoms with Gasteiger partial charge in [0.05, 0.1) is 22.1 Å². The van der Waals surface area contributed by atoms with E-state index >= 15 is 0 Å². The monoisotopic (exact) mass is 826 g/mol. The maximum Gasteiger partial charge on any atom is 0.0810 e. The zero-order valence-electron chi connectivity index (χ0n) is 31.4. The van der Waals surface area contributed by atoms with Crippen molar-refractivity contribution in [2.75, 3.05) is 0 Å². The molecule has 10 aromatic rings. The molecule has 10 rings (SSSR count). The molecule has 0 amide bonds. The van der Waals surface area contributed by atoms with Crippen LogP contribution in [-0.2, 0) is 10.8 Å². The molecular formula is C50H40Br2N2. The van der Waals surface area contributed by atoms with Crippen LogP contribution in [-0.4, -0.2) is 9.13 Å². The quantitative estimate of drug-likeness (QED) is 0.154. The van der Waals surface area contributed by atoms with E-state index in [9.17, 15) is 0 Å². The van der Waals surface area contributed by atoms with Crippen molar-refractivity contribution >= 4 is 108 Å². The second-order valence-corrected chi connectivity index (χ2v) is 18.7. The Balaban J connectivity index is 1.55. The first-order valence-corrected chi connectivity index (χ1v) is 20.3. The van der Waals surface area contributed by atoms with E-state index in [2.05, 4.69) is 216 Å². The molecule has 0 aliphatic rings. The Morgan fingerprint density at radius 1 is 0.352 bits per heavy atom. The predicted octanol–water partition coefficient (Wildman–Crippen LogP) is 15.5. The van der Waals surface area contributed by atoms with Crippen LogP contribution in [0.1, 0.15) is 52.7 Å². The number of fused-ring (bicyclic) bond motifs is 15. The third-order valence-corrected chi connectivity index (χ3v) is 12.5. The van der Waals surface area contributed by atoms with Gasteiger partial charge in [-0.25, -0.2) is 0 Å². The standard InChI is InChI=1S/C50H40Br2N2/c1-49(2,3)29-15-21-33(22-16-29)53-45-39-25-19-31(51)27-41(39)35-11-7-9-13-37(35)43(45)48-47(53)44-38-14-10-8-12-36(38)42-28-32(52)20-26-40(42)46(44)54(48)34-23-17-30(18-24-34)50(4,5)6/h7-28H,1-6H3. The number of aromatic nitrogens is 2. The Morgan fingerprint density at radius 3 is 1.06 bits per heavy atom. The number of hydrogen-bond donors (Lipinski definition) is 0. The van der Waals surface area contributed by atoms with Crippen molar-refractivity contribution in [3.63, 3.8) is 0 Å². The second kappa shape index (κ2) is 11.8. The summed E-state index contributed by atoms with van der Waals surface area (Å²) in [5, 5.41) is 12.5. The minimum absolute atomic E-state index is 0.0421. The zero-order chi connectivity index (χ0) is 37.3. The maximum atomic E-state index is 3.83. The first-order valence-electron chi connectivity index (χ1n) is 18.7. The molecule has 0 atom stereocenters. The average molecular weight is 829 g/mol. The van der Waals surface area contributed by atoms with E-state index in [1.807, 2.05) is 0 Å². The van der Waals surface area contributed by atoms with Crippen molar-refractivity contribution in [2.24, 2.45) is 0 Å². The molecule has 2 nitrogen and oxygen atoms in total. The van der Waals surface area contributed by atoms with Crippen molar-refractivity contribution in [1.29, 1.82) is 0 Å². The minimum atomic E-state index is 0.0421. The van der Waals surface area contributed by atoms with Gasteiger partial charge in [-0.05, 0) is 103 Å². The van der Waals surface area contributed by atoms with Crippen molar-refractivity contribution in [3.8, 4) is 11.4 Å². The van der Waals surface area contributed by atoms with E-state index in [-0.39, 0.29) is 10.8 Å². The van der Waals surface area contributed by atoms with Crippen molar-refractivity contribution in [2.45, 2.75) is 52.4 Å². The first-order chi connectivity index (χ1) is 25.9. The Kier molecular flexibility index (Phi) is 7.35. The van der Waals surface area contributed by atoms with Gasteiger partial charge in [-0.3, -0.25) is 0 Å². The first kappa shape index (κ1) is 33.7. The third kappa shape index (κ3) is 4.89. The van der Waals surface area contributed by atoms with E-state index in [1.165, 1.54) is 87.1 Å². The molecule has 0 saturated carbocycles. The Bertz CT molecular complexity index is 2950. The van der Waals surface area contributed by atoms with Gasteiger partial charge in [0.15, 0.2) is 0 Å². The van der Waals surface area contributed by atoms with Crippen LogP contribution in [0.15, 0.2) is 142 Å². The van der Waals surface area contributed by atoms with E-state index in [4.69, 9.17) is 0 Å². The molecule has 0 N–H and O–H groups in total. The molecule has 0 aliphatic heterocycles. The molecule has 0 radical (unpaired) electrons. The highest BCUT2D eigenvalue weighted by atomic mass is 79.9. The Labute approximate surface area is 332 Å². The summed E-state index contributed by atoms with van der Waals surface area (Å²) in [5.41, 5.74) is 9.95. The minimum Gasteiger partial charge on any atom is -0.306 e. The fourth-order valence-electron chi connectivity index (χ4n) is 8.87. The lowest BCUT2D eigenvalue weighted by Gasteiger charge is -2.20. The lowest BCUT2D eigenvalue weighted by molar-refractivity contribution is 0.590. The summed E-state index contributed by atoms with van der Waals surface area (Å²) >= 11 is 7.67. The molecule has 0 unspecified atom stereocenters. The van der Waals surface area contributed by atoms with Gasteiger partial charge in [0.2, 0.25) is 0 Å². The molecule has 4 heteroatoms. The van der Waals surface area contributed by atoms with Crippen LogP contribution >= 0.6 is 31.9 Å². The molecule has 0 fully saturated rings. The number of nitrogens with zero attached hydrogens (tertiary/aromatic N) is 2. The SMILES string of the molecule is CC(C)(C)c1ccc(-n2c3c4ccc(Br)cc4c4ccccc4c3c3c2c2c4ccccc4c4cc(Br)ccc4c2n3-c2ccc(C(C)(C)C)cc2)cc1. The van der Waals surface area contributed by atoms with Crippen LogP contribution in [0.3, 0.4) is 0 Å². The van der Waals surface area contributed by atoms with Gasteiger partial charge >= 0.3 is 0 Å². The Morgan fingerprint density at radius 2 is 0.704 bits per heavy atom. The number of rotatable bonds is 2. The summed E-state index contributed by atoms with van der Waals surface area (Å²) in [7, 11) is 0. The summed E-state index contributed by atoms with van der Waals surface area (Å²) in [6.45, 7) is 13.7. The van der Waals surface area contributed by atoms with Crippen LogP contribution in [0.2, 0.25) is 0 Å². The molecule has 0 bridgehead atoms. The topological polar surface area (TPSA) is 9.86 Å². The highest BCUT2D eigenvalue weighted by molar-refractivity contribution is 9.10. The summed E-state index contributed by atoms with van der Waals surface area (Å²) in [5.74, 6) is 0. The molecular weight excluding hydrogens is 788 g/mol. The number of benzene rings is 8. The van der Waals surface area contributed by atoms with Crippen LogP contribution in [0.5, 0.6) is 0 Å². The van der Waals surface area contributed by atoms with E-state index in [0.717, 1.165) is 20.3 Å². The average Bonchev–Trinajstić information content (AvgIpc) is 3.68. The lowest BCUT2D eigenvalue weighted by Crippen LogP contribution is -2.10. The molecule has 2 heterocycles. The van der Waals surface area contributed by atoms with Gasteiger partial charge in [0, 0.05) is 41.9 Å². The molecule has 0 aliphatic carbocycles. The van der Waals surface area contributed by atoms with Crippen molar-refractivity contribution in [3.05, 3.63) is 154 Å². The van der Waals surface area contributed by atoms with Gasteiger partial charge in [0.1, 0.15) is 0 Å². The lowest BCUT2D eigenvalue weighted by atomic mass is 9.87. The second-order valence-electron chi connectivity index (χ2n) is 16.9. The van der Waals surface area contributed by atoms with Gasteiger partial charge in [-0.15, -0.1) is 0 Å². The van der Waals surface area contributed by atoms with Crippen molar-refractivity contribution in [1.82, 2.24) is 9.13 Å². The van der Waals surface area contributed by atoms with Crippen LogP contribution < -0.4 is 0 Å². The van der Waals surface area contributed by atoms with Gasteiger partial charge in [-0.2, -0.15) is 0 Å². The summed E-state index contributed by atoms with van der Waals surface area (Å²) in [4.78, 5) is 0. The molecule has 54 heavy (non-hydrogen) atoms. The third-order valence-electron chi connectivity index (χ3n) is 11.5. The molecule has 2 aromatic heterocycles.